The van der Waals surface area contributed by atoms with Gasteiger partial charge in [-0.05, 0) is 30.3 Å². The lowest BCUT2D eigenvalue weighted by Crippen LogP contribution is -2.12. The monoisotopic (exact) mass is 372 g/mol. The topological polar surface area (TPSA) is 69.6 Å². The summed E-state index contributed by atoms with van der Waals surface area (Å²) in [4.78, 5) is 24.6. The maximum Gasteiger partial charge on any atom is 0.257 e. The Morgan fingerprint density at radius 2 is 1.77 bits per heavy atom. The summed E-state index contributed by atoms with van der Waals surface area (Å²) in [6.07, 6.45) is 1.51. The number of anilines is 1. The predicted octanol–water partition coefficient (Wildman–Crippen LogP) is 4.22. The van der Waals surface area contributed by atoms with Crippen molar-refractivity contribution >= 4 is 40.0 Å². The largest absolute Gasteiger partial charge is 0.493 e. The first-order valence-corrected chi connectivity index (χ1v) is 8.17. The smallest absolute Gasteiger partial charge is 0.257 e. The molecule has 0 aliphatic carbocycles. The van der Waals surface area contributed by atoms with Crippen molar-refractivity contribution in [3.8, 4) is 11.5 Å². The summed E-state index contributed by atoms with van der Waals surface area (Å²) in [7, 11) is 3.06. The molecular weight excluding hydrogens is 356 g/mol. The van der Waals surface area contributed by atoms with E-state index in [1.165, 1.54) is 31.9 Å². The van der Waals surface area contributed by atoms with Gasteiger partial charge in [-0.2, -0.15) is 0 Å². The van der Waals surface area contributed by atoms with Crippen LogP contribution >= 0.6 is 11.6 Å². The number of fused-ring (bicyclic) bond motifs is 1. The van der Waals surface area contributed by atoms with Crippen molar-refractivity contribution in [3.05, 3.63) is 53.2 Å². The number of hydrogen-bond acceptors (Lipinski definition) is 4. The second kappa shape index (κ2) is 7.09. The Morgan fingerprint density at radius 1 is 1.04 bits per heavy atom. The second-order valence-corrected chi connectivity index (χ2v) is 6.05. The molecule has 3 rings (SSSR count). The van der Waals surface area contributed by atoms with Crippen molar-refractivity contribution in [2.24, 2.45) is 0 Å². The minimum absolute atomic E-state index is 0.192. The first-order chi connectivity index (χ1) is 12.4. The van der Waals surface area contributed by atoms with E-state index in [9.17, 15) is 9.59 Å². The molecule has 6 nitrogen and oxygen atoms in total. The van der Waals surface area contributed by atoms with Crippen molar-refractivity contribution in [2.75, 3.05) is 19.5 Å². The van der Waals surface area contributed by atoms with E-state index in [2.05, 4.69) is 5.32 Å². The van der Waals surface area contributed by atoms with E-state index >= 15 is 0 Å². The number of ether oxygens (including phenoxy) is 2. The van der Waals surface area contributed by atoms with E-state index in [4.69, 9.17) is 21.1 Å². The number of rotatable bonds is 4. The van der Waals surface area contributed by atoms with Gasteiger partial charge in [0.15, 0.2) is 11.5 Å². The van der Waals surface area contributed by atoms with Gasteiger partial charge in [-0.25, -0.2) is 0 Å². The van der Waals surface area contributed by atoms with Gasteiger partial charge in [0.2, 0.25) is 5.91 Å². The van der Waals surface area contributed by atoms with Crippen LogP contribution in [0.4, 0.5) is 5.69 Å². The molecule has 134 valence electrons. The molecule has 0 spiro atoms. The van der Waals surface area contributed by atoms with Crippen LogP contribution in [0.2, 0.25) is 5.02 Å². The fraction of sp³-hybridized carbons (Fsp3) is 0.158. The summed E-state index contributed by atoms with van der Waals surface area (Å²) in [5.74, 6) is 0.511. The summed E-state index contributed by atoms with van der Waals surface area (Å²) in [6, 6.07) is 10.1. The average molecular weight is 373 g/mol. The Morgan fingerprint density at radius 3 is 2.42 bits per heavy atom. The molecule has 0 aliphatic heterocycles. The quantitative estimate of drug-likeness (QED) is 0.744. The summed E-state index contributed by atoms with van der Waals surface area (Å²) in [5, 5.41) is 3.89. The molecule has 0 fully saturated rings. The highest BCUT2D eigenvalue weighted by atomic mass is 35.5. The van der Waals surface area contributed by atoms with Crippen LogP contribution in [-0.2, 0) is 0 Å². The Kier molecular flexibility index (Phi) is 4.86. The third kappa shape index (κ3) is 3.23. The fourth-order valence-corrected chi connectivity index (χ4v) is 2.93. The standard InChI is InChI=1S/C19H17ClN2O4/c1-11(23)22-10-15(14-8-12(20)4-6-16(14)22)19(24)21-13-5-7-17(25-2)18(9-13)26-3/h4-10H,1-3H3,(H,21,24). The van der Waals surface area contributed by atoms with Gasteiger partial charge in [-0.15, -0.1) is 0 Å². The Balaban J connectivity index is 2.00. The van der Waals surface area contributed by atoms with Gasteiger partial charge in [0, 0.05) is 35.3 Å². The second-order valence-electron chi connectivity index (χ2n) is 5.62. The lowest BCUT2D eigenvalue weighted by molar-refractivity contribution is 0.0941. The molecule has 0 atom stereocenters. The highest BCUT2D eigenvalue weighted by Crippen LogP contribution is 2.31. The lowest BCUT2D eigenvalue weighted by atomic mass is 10.1. The minimum Gasteiger partial charge on any atom is -0.493 e. The summed E-state index contributed by atoms with van der Waals surface area (Å²) >= 11 is 6.06. The van der Waals surface area contributed by atoms with Crippen molar-refractivity contribution < 1.29 is 19.1 Å². The van der Waals surface area contributed by atoms with E-state index in [0.29, 0.717) is 38.7 Å². The SMILES string of the molecule is COc1ccc(NC(=O)c2cn(C(C)=O)c3ccc(Cl)cc23)cc1OC. The summed E-state index contributed by atoms with van der Waals surface area (Å²) in [5.41, 5.74) is 1.52. The molecule has 7 heteroatoms. The van der Waals surface area contributed by atoms with Crippen molar-refractivity contribution in [3.63, 3.8) is 0 Å². The molecule has 1 N–H and O–H groups in total. The lowest BCUT2D eigenvalue weighted by Gasteiger charge is -2.10. The molecule has 3 aromatic rings. The van der Waals surface area contributed by atoms with Crippen molar-refractivity contribution in [2.45, 2.75) is 6.92 Å². The van der Waals surface area contributed by atoms with Gasteiger partial charge in [0.05, 0.1) is 25.3 Å². The van der Waals surface area contributed by atoms with Gasteiger partial charge >= 0.3 is 0 Å². The molecule has 0 unspecified atom stereocenters. The molecule has 0 aliphatic rings. The molecule has 26 heavy (non-hydrogen) atoms. The molecule has 1 aromatic heterocycles. The highest BCUT2D eigenvalue weighted by Gasteiger charge is 2.18. The first-order valence-electron chi connectivity index (χ1n) is 7.79. The molecule has 0 bridgehead atoms. The Bertz CT molecular complexity index is 1010. The van der Waals surface area contributed by atoms with Crippen molar-refractivity contribution in [1.82, 2.24) is 4.57 Å². The van der Waals surface area contributed by atoms with Crippen LogP contribution in [0.25, 0.3) is 10.9 Å². The molecule has 0 saturated carbocycles. The number of hydrogen-bond donors (Lipinski definition) is 1. The van der Waals surface area contributed by atoms with Crippen LogP contribution in [0.15, 0.2) is 42.6 Å². The number of carbonyl (C=O) groups is 2. The van der Waals surface area contributed by atoms with E-state index in [-0.39, 0.29) is 11.8 Å². The normalized spacial score (nSPS) is 10.6. The van der Waals surface area contributed by atoms with Crippen LogP contribution in [0.5, 0.6) is 11.5 Å². The van der Waals surface area contributed by atoms with Crippen molar-refractivity contribution in [1.29, 1.82) is 0 Å². The number of amides is 1. The Labute approximate surface area is 155 Å². The first kappa shape index (κ1) is 17.8. The molecule has 1 heterocycles. The number of halogens is 1. The number of aromatic nitrogens is 1. The maximum absolute atomic E-state index is 12.8. The zero-order chi connectivity index (χ0) is 18.8. The molecule has 1 amide bonds. The fourth-order valence-electron chi connectivity index (χ4n) is 2.76. The van der Waals surface area contributed by atoms with Crippen LogP contribution < -0.4 is 14.8 Å². The van der Waals surface area contributed by atoms with E-state index in [0.717, 1.165) is 0 Å². The molecule has 2 aromatic carbocycles. The van der Waals surface area contributed by atoms with Crippen LogP contribution in [-0.4, -0.2) is 30.6 Å². The number of carbonyl (C=O) groups excluding carboxylic acids is 2. The highest BCUT2D eigenvalue weighted by molar-refractivity contribution is 6.31. The van der Waals surface area contributed by atoms with Crippen LogP contribution in [0.3, 0.4) is 0 Å². The Hall–Kier alpha value is -2.99. The third-order valence-corrected chi connectivity index (χ3v) is 4.23. The van der Waals surface area contributed by atoms with Gasteiger partial charge in [-0.3, -0.25) is 14.2 Å². The van der Waals surface area contributed by atoms with E-state index < -0.39 is 0 Å². The van der Waals surface area contributed by atoms with Crippen LogP contribution in [0.1, 0.15) is 22.1 Å². The molecule has 0 radical (unpaired) electrons. The zero-order valence-electron chi connectivity index (χ0n) is 14.5. The van der Waals surface area contributed by atoms with Gasteiger partial charge in [0.25, 0.3) is 5.91 Å². The zero-order valence-corrected chi connectivity index (χ0v) is 15.3. The third-order valence-electron chi connectivity index (χ3n) is 3.99. The van der Waals surface area contributed by atoms with E-state index in [1.54, 1.807) is 36.4 Å². The van der Waals surface area contributed by atoms with Gasteiger partial charge < -0.3 is 14.8 Å². The summed E-state index contributed by atoms with van der Waals surface area (Å²) < 4.78 is 11.9. The molecule has 0 saturated heterocycles. The van der Waals surface area contributed by atoms with Gasteiger partial charge in [0.1, 0.15) is 0 Å². The number of nitrogens with one attached hydrogen (secondary N) is 1. The van der Waals surface area contributed by atoms with E-state index in [1.807, 2.05) is 0 Å². The van der Waals surface area contributed by atoms with Gasteiger partial charge in [-0.1, -0.05) is 11.6 Å². The maximum atomic E-state index is 12.8. The molecular formula is C19H17ClN2O4. The number of benzene rings is 2. The minimum atomic E-state index is -0.357. The average Bonchev–Trinajstić information content (AvgIpc) is 3.00. The number of methoxy groups -OCH3 is 2. The number of nitrogens with zero attached hydrogens (tertiary/aromatic N) is 1. The predicted molar refractivity (Wildman–Crippen MR) is 101 cm³/mol. The summed E-state index contributed by atoms with van der Waals surface area (Å²) in [6.45, 7) is 1.43. The van der Waals surface area contributed by atoms with Crippen LogP contribution in [0, 0.1) is 0 Å².